The summed E-state index contributed by atoms with van der Waals surface area (Å²) in [5.41, 5.74) is 0.738. The molecule has 0 unspecified atom stereocenters. The highest BCUT2D eigenvalue weighted by molar-refractivity contribution is 8.14. The van der Waals surface area contributed by atoms with Crippen LogP contribution in [0.4, 0.5) is 0 Å². The van der Waals surface area contributed by atoms with Gasteiger partial charge >= 0.3 is 0 Å². The van der Waals surface area contributed by atoms with Crippen molar-refractivity contribution in [2.75, 3.05) is 12.4 Å². The van der Waals surface area contributed by atoms with Gasteiger partial charge in [-0.1, -0.05) is 60.3 Å². The van der Waals surface area contributed by atoms with E-state index in [9.17, 15) is 4.79 Å². The topological polar surface area (TPSA) is 26.3 Å². The summed E-state index contributed by atoms with van der Waals surface area (Å²) in [5.74, 6) is 1.49. The van der Waals surface area contributed by atoms with Crippen molar-refractivity contribution < 1.29 is 9.53 Å². The van der Waals surface area contributed by atoms with Crippen molar-refractivity contribution in [1.29, 1.82) is 0 Å². The fourth-order valence-corrected chi connectivity index (χ4v) is 2.12. The third-order valence-corrected chi connectivity index (χ3v) is 3.21. The van der Waals surface area contributed by atoms with Gasteiger partial charge in [0.05, 0.1) is 6.61 Å². The summed E-state index contributed by atoms with van der Waals surface area (Å²) in [6.45, 7) is 0.535. The first-order valence-corrected chi connectivity index (χ1v) is 6.75. The quantitative estimate of drug-likeness (QED) is 0.766. The number of thioether (sulfide) groups is 1. The summed E-state index contributed by atoms with van der Waals surface area (Å²) in [7, 11) is 0. The van der Waals surface area contributed by atoms with Crippen molar-refractivity contribution in [3.8, 4) is 5.75 Å². The second-order valence-electron chi connectivity index (χ2n) is 3.66. The van der Waals surface area contributed by atoms with E-state index in [1.807, 2.05) is 60.7 Å². The molecule has 0 aliphatic rings. The standard InChI is InChI=1S/C15H14O2S/c16-15(13-7-3-1-4-8-13)18-12-11-17-14-9-5-2-6-10-14/h1-10H,11-12H2. The van der Waals surface area contributed by atoms with Crippen molar-refractivity contribution in [3.63, 3.8) is 0 Å². The van der Waals surface area contributed by atoms with Crippen LogP contribution in [0.25, 0.3) is 0 Å². The lowest BCUT2D eigenvalue weighted by molar-refractivity contribution is 0.108. The number of hydrogen-bond donors (Lipinski definition) is 0. The molecule has 3 heteroatoms. The molecular weight excluding hydrogens is 244 g/mol. The van der Waals surface area contributed by atoms with E-state index in [4.69, 9.17) is 4.74 Å². The first-order chi connectivity index (χ1) is 8.86. The fourth-order valence-electron chi connectivity index (χ4n) is 1.47. The molecule has 0 aromatic heterocycles. The Morgan fingerprint density at radius 2 is 1.56 bits per heavy atom. The predicted octanol–water partition coefficient (Wildman–Crippen LogP) is 3.64. The zero-order valence-electron chi connectivity index (χ0n) is 9.91. The molecule has 2 aromatic rings. The van der Waals surface area contributed by atoms with Gasteiger partial charge < -0.3 is 4.74 Å². The SMILES string of the molecule is O=C(SCCOc1ccccc1)c1ccccc1. The number of rotatable bonds is 5. The van der Waals surface area contributed by atoms with Gasteiger partial charge in [0.15, 0.2) is 0 Å². The zero-order chi connectivity index (χ0) is 12.6. The molecule has 0 aliphatic carbocycles. The van der Waals surface area contributed by atoms with Gasteiger partial charge in [-0.15, -0.1) is 0 Å². The summed E-state index contributed by atoms with van der Waals surface area (Å²) in [6, 6.07) is 18.9. The Bertz CT molecular complexity index is 482. The average molecular weight is 258 g/mol. The van der Waals surface area contributed by atoms with E-state index in [1.54, 1.807) is 0 Å². The molecule has 92 valence electrons. The van der Waals surface area contributed by atoms with E-state index >= 15 is 0 Å². The van der Waals surface area contributed by atoms with Gasteiger partial charge in [0, 0.05) is 11.3 Å². The van der Waals surface area contributed by atoms with Crippen LogP contribution in [0.5, 0.6) is 5.75 Å². The predicted molar refractivity (Wildman–Crippen MR) is 75.2 cm³/mol. The average Bonchev–Trinajstić information content (AvgIpc) is 2.45. The van der Waals surface area contributed by atoms with E-state index in [-0.39, 0.29) is 5.12 Å². The summed E-state index contributed by atoms with van der Waals surface area (Å²) in [4.78, 5) is 11.8. The normalized spacial score (nSPS) is 10.0. The third-order valence-electron chi connectivity index (χ3n) is 2.34. The molecule has 2 rings (SSSR count). The van der Waals surface area contributed by atoms with Crippen LogP contribution < -0.4 is 4.74 Å². The number of carbonyl (C=O) groups excluding carboxylic acids is 1. The first kappa shape index (κ1) is 12.7. The molecule has 0 saturated carbocycles. The lowest BCUT2D eigenvalue weighted by atomic mass is 10.2. The zero-order valence-corrected chi connectivity index (χ0v) is 10.7. The van der Waals surface area contributed by atoms with Crippen LogP contribution in [-0.2, 0) is 0 Å². The summed E-state index contributed by atoms with van der Waals surface area (Å²) < 4.78 is 5.52. The highest BCUT2D eigenvalue weighted by Gasteiger charge is 2.05. The minimum atomic E-state index is 0.0901. The van der Waals surface area contributed by atoms with Crippen molar-refractivity contribution in [3.05, 3.63) is 66.2 Å². The Labute approximate surface area is 111 Å². The molecule has 0 N–H and O–H groups in total. The number of hydrogen-bond acceptors (Lipinski definition) is 3. The Morgan fingerprint density at radius 1 is 0.944 bits per heavy atom. The summed E-state index contributed by atoms with van der Waals surface area (Å²) >= 11 is 1.28. The van der Waals surface area contributed by atoms with Crippen LogP contribution in [0.15, 0.2) is 60.7 Å². The Hall–Kier alpha value is -1.74. The summed E-state index contributed by atoms with van der Waals surface area (Å²) in [5, 5.41) is 0.0901. The van der Waals surface area contributed by atoms with Crippen LogP contribution >= 0.6 is 11.8 Å². The molecule has 2 nitrogen and oxygen atoms in total. The second kappa shape index (κ2) is 6.87. The highest BCUT2D eigenvalue weighted by Crippen LogP contribution is 2.13. The van der Waals surface area contributed by atoms with Crippen LogP contribution in [0.3, 0.4) is 0 Å². The van der Waals surface area contributed by atoms with Crippen molar-refractivity contribution in [2.45, 2.75) is 0 Å². The molecule has 0 saturated heterocycles. The number of para-hydroxylation sites is 1. The number of carbonyl (C=O) groups is 1. The van der Waals surface area contributed by atoms with Crippen LogP contribution in [0.1, 0.15) is 10.4 Å². The van der Waals surface area contributed by atoms with Crippen molar-refractivity contribution in [1.82, 2.24) is 0 Å². The molecule has 0 fully saturated rings. The fraction of sp³-hybridized carbons (Fsp3) is 0.133. The van der Waals surface area contributed by atoms with Crippen molar-refractivity contribution in [2.24, 2.45) is 0 Å². The van der Waals surface area contributed by atoms with Crippen LogP contribution in [0, 0.1) is 0 Å². The maximum absolute atomic E-state index is 11.8. The molecule has 0 atom stereocenters. The first-order valence-electron chi connectivity index (χ1n) is 5.76. The van der Waals surface area contributed by atoms with Gasteiger partial charge in [-0.2, -0.15) is 0 Å². The molecule has 0 heterocycles. The van der Waals surface area contributed by atoms with Gasteiger partial charge in [-0.3, -0.25) is 4.79 Å². The van der Waals surface area contributed by atoms with Gasteiger partial charge in [0.2, 0.25) is 5.12 Å². The monoisotopic (exact) mass is 258 g/mol. The number of ether oxygens (including phenoxy) is 1. The van der Waals surface area contributed by atoms with E-state index in [0.29, 0.717) is 12.4 Å². The number of benzene rings is 2. The molecule has 0 bridgehead atoms. The molecular formula is C15H14O2S. The van der Waals surface area contributed by atoms with E-state index in [0.717, 1.165) is 11.3 Å². The van der Waals surface area contributed by atoms with Gasteiger partial charge in [0.1, 0.15) is 5.75 Å². The summed E-state index contributed by atoms with van der Waals surface area (Å²) in [6.07, 6.45) is 0. The van der Waals surface area contributed by atoms with E-state index < -0.39 is 0 Å². The lowest BCUT2D eigenvalue weighted by Gasteiger charge is -2.05. The maximum Gasteiger partial charge on any atom is 0.219 e. The van der Waals surface area contributed by atoms with E-state index in [2.05, 4.69) is 0 Å². The van der Waals surface area contributed by atoms with Gasteiger partial charge in [-0.25, -0.2) is 0 Å². The van der Waals surface area contributed by atoms with Gasteiger partial charge in [-0.05, 0) is 12.1 Å². The highest BCUT2D eigenvalue weighted by atomic mass is 32.2. The largest absolute Gasteiger partial charge is 0.493 e. The maximum atomic E-state index is 11.8. The molecule has 0 radical (unpaired) electrons. The Balaban J connectivity index is 1.72. The minimum Gasteiger partial charge on any atom is -0.493 e. The smallest absolute Gasteiger partial charge is 0.219 e. The Morgan fingerprint density at radius 3 is 2.22 bits per heavy atom. The molecule has 18 heavy (non-hydrogen) atoms. The molecule has 0 aliphatic heterocycles. The van der Waals surface area contributed by atoms with Gasteiger partial charge in [0.25, 0.3) is 0 Å². The molecule has 0 spiro atoms. The third kappa shape index (κ3) is 3.93. The molecule has 2 aromatic carbocycles. The minimum absolute atomic E-state index is 0.0901. The van der Waals surface area contributed by atoms with Crippen molar-refractivity contribution >= 4 is 16.9 Å². The molecule has 0 amide bonds. The van der Waals surface area contributed by atoms with Crippen LogP contribution in [-0.4, -0.2) is 17.5 Å². The second-order valence-corrected chi connectivity index (χ2v) is 4.73. The Kier molecular flexibility index (Phi) is 4.85. The lowest BCUT2D eigenvalue weighted by Crippen LogP contribution is -2.03. The van der Waals surface area contributed by atoms with Crippen LogP contribution in [0.2, 0.25) is 0 Å². The van der Waals surface area contributed by atoms with E-state index in [1.165, 1.54) is 11.8 Å².